The standard InChI is InChI=1S/C13H18F3N/c1-8(2)10-5-11(13(14,15)16)7-12(6-10)17-9(3)4/h5-9,17H,1-4H3. The molecule has 1 nitrogen and oxygen atoms in total. The first-order valence-corrected chi connectivity index (χ1v) is 5.69. The van der Waals surface area contributed by atoms with Crippen molar-refractivity contribution < 1.29 is 13.2 Å². The van der Waals surface area contributed by atoms with Gasteiger partial charge in [0.1, 0.15) is 0 Å². The number of halogens is 3. The maximum absolute atomic E-state index is 12.7. The van der Waals surface area contributed by atoms with Gasteiger partial charge in [-0.3, -0.25) is 0 Å². The van der Waals surface area contributed by atoms with Crippen molar-refractivity contribution in [3.05, 3.63) is 29.3 Å². The molecule has 0 saturated heterocycles. The summed E-state index contributed by atoms with van der Waals surface area (Å²) < 4.78 is 38.2. The lowest BCUT2D eigenvalue weighted by molar-refractivity contribution is -0.137. The molecule has 17 heavy (non-hydrogen) atoms. The van der Waals surface area contributed by atoms with Crippen molar-refractivity contribution in [2.45, 2.75) is 45.8 Å². The van der Waals surface area contributed by atoms with Crippen LogP contribution >= 0.6 is 0 Å². The van der Waals surface area contributed by atoms with E-state index in [9.17, 15) is 13.2 Å². The van der Waals surface area contributed by atoms with Crippen LogP contribution in [0.4, 0.5) is 18.9 Å². The van der Waals surface area contributed by atoms with Crippen molar-refractivity contribution in [3.63, 3.8) is 0 Å². The fourth-order valence-corrected chi connectivity index (χ4v) is 1.57. The second-order valence-corrected chi connectivity index (χ2v) is 4.80. The smallest absolute Gasteiger partial charge is 0.383 e. The third-order valence-electron chi connectivity index (χ3n) is 2.40. The molecule has 0 saturated carbocycles. The summed E-state index contributed by atoms with van der Waals surface area (Å²) in [5.41, 5.74) is 0.633. The Balaban J connectivity index is 3.19. The van der Waals surface area contributed by atoms with Crippen LogP contribution in [-0.4, -0.2) is 6.04 Å². The van der Waals surface area contributed by atoms with E-state index in [1.807, 2.05) is 27.7 Å². The first-order chi connectivity index (χ1) is 7.70. The third kappa shape index (κ3) is 3.95. The Kier molecular flexibility index (Phi) is 4.07. The summed E-state index contributed by atoms with van der Waals surface area (Å²) in [7, 11) is 0. The minimum absolute atomic E-state index is 0.0741. The molecular formula is C13H18F3N. The fourth-order valence-electron chi connectivity index (χ4n) is 1.57. The van der Waals surface area contributed by atoms with Crippen LogP contribution in [0.25, 0.3) is 0 Å². The first-order valence-electron chi connectivity index (χ1n) is 5.69. The molecule has 1 aromatic rings. The highest BCUT2D eigenvalue weighted by molar-refractivity contribution is 5.50. The Morgan fingerprint density at radius 1 is 1.00 bits per heavy atom. The van der Waals surface area contributed by atoms with Crippen LogP contribution in [-0.2, 0) is 6.18 Å². The van der Waals surface area contributed by atoms with Crippen molar-refractivity contribution in [1.29, 1.82) is 0 Å². The Hall–Kier alpha value is -1.19. The van der Waals surface area contributed by atoms with Gasteiger partial charge in [0.15, 0.2) is 0 Å². The van der Waals surface area contributed by atoms with Gasteiger partial charge in [-0.05, 0) is 43.5 Å². The van der Waals surface area contributed by atoms with Gasteiger partial charge in [0.2, 0.25) is 0 Å². The molecule has 0 aliphatic heterocycles. The van der Waals surface area contributed by atoms with Crippen LogP contribution in [0.5, 0.6) is 0 Å². The molecule has 0 spiro atoms. The first kappa shape index (κ1) is 13.9. The van der Waals surface area contributed by atoms with Crippen LogP contribution < -0.4 is 5.32 Å². The Morgan fingerprint density at radius 2 is 1.59 bits per heavy atom. The minimum atomic E-state index is -4.29. The molecule has 0 aliphatic rings. The van der Waals surface area contributed by atoms with Crippen LogP contribution in [0.3, 0.4) is 0 Å². The average Bonchev–Trinajstić information content (AvgIpc) is 2.14. The van der Waals surface area contributed by atoms with E-state index < -0.39 is 11.7 Å². The van der Waals surface area contributed by atoms with Crippen molar-refractivity contribution >= 4 is 5.69 Å². The SMILES string of the molecule is CC(C)Nc1cc(C(C)C)cc(C(F)(F)F)c1. The lowest BCUT2D eigenvalue weighted by Crippen LogP contribution is -2.12. The Morgan fingerprint density at radius 3 is 2.00 bits per heavy atom. The fraction of sp³-hybridized carbons (Fsp3) is 0.538. The van der Waals surface area contributed by atoms with Gasteiger partial charge in [-0.15, -0.1) is 0 Å². The molecule has 1 aromatic carbocycles. The van der Waals surface area contributed by atoms with Gasteiger partial charge in [0.25, 0.3) is 0 Å². The molecule has 0 radical (unpaired) electrons. The summed E-state index contributed by atoms with van der Waals surface area (Å²) in [6.07, 6.45) is -4.29. The van der Waals surface area contributed by atoms with E-state index in [-0.39, 0.29) is 12.0 Å². The van der Waals surface area contributed by atoms with Gasteiger partial charge in [0, 0.05) is 11.7 Å². The normalized spacial score (nSPS) is 12.3. The minimum Gasteiger partial charge on any atom is -0.383 e. The van der Waals surface area contributed by atoms with E-state index in [1.54, 1.807) is 6.07 Å². The largest absolute Gasteiger partial charge is 0.416 e. The summed E-state index contributed by atoms with van der Waals surface area (Å²) in [5.74, 6) is 0.0741. The van der Waals surface area contributed by atoms with Crippen molar-refractivity contribution in [1.82, 2.24) is 0 Å². The number of anilines is 1. The Labute approximate surface area is 100 Å². The maximum atomic E-state index is 12.7. The average molecular weight is 245 g/mol. The molecule has 1 rings (SSSR count). The zero-order valence-corrected chi connectivity index (χ0v) is 10.5. The second kappa shape index (κ2) is 4.98. The van der Waals surface area contributed by atoms with Crippen molar-refractivity contribution in [2.75, 3.05) is 5.32 Å². The highest BCUT2D eigenvalue weighted by Gasteiger charge is 2.31. The molecule has 0 fully saturated rings. The van der Waals surface area contributed by atoms with Gasteiger partial charge >= 0.3 is 6.18 Å². The van der Waals surface area contributed by atoms with Crippen LogP contribution in [0.15, 0.2) is 18.2 Å². The van der Waals surface area contributed by atoms with Crippen LogP contribution in [0.1, 0.15) is 44.7 Å². The lowest BCUT2D eigenvalue weighted by Gasteiger charge is -2.16. The molecule has 0 bridgehead atoms. The lowest BCUT2D eigenvalue weighted by atomic mass is 9.99. The summed E-state index contributed by atoms with van der Waals surface area (Å²) in [4.78, 5) is 0. The summed E-state index contributed by atoms with van der Waals surface area (Å²) in [6.45, 7) is 7.56. The summed E-state index contributed by atoms with van der Waals surface area (Å²) in [5, 5.41) is 3.01. The quantitative estimate of drug-likeness (QED) is 0.817. The van der Waals surface area contributed by atoms with Gasteiger partial charge in [-0.2, -0.15) is 13.2 Å². The molecule has 0 heterocycles. The molecular weight excluding hydrogens is 227 g/mol. The zero-order chi connectivity index (χ0) is 13.2. The van der Waals surface area contributed by atoms with E-state index in [0.29, 0.717) is 11.3 Å². The highest BCUT2D eigenvalue weighted by atomic mass is 19.4. The molecule has 4 heteroatoms. The van der Waals surface area contributed by atoms with E-state index >= 15 is 0 Å². The second-order valence-electron chi connectivity index (χ2n) is 4.80. The zero-order valence-electron chi connectivity index (χ0n) is 10.5. The molecule has 0 aliphatic carbocycles. The highest BCUT2D eigenvalue weighted by Crippen LogP contribution is 2.33. The molecule has 0 atom stereocenters. The summed E-state index contributed by atoms with van der Waals surface area (Å²) in [6, 6.07) is 4.26. The molecule has 96 valence electrons. The van der Waals surface area contributed by atoms with Crippen molar-refractivity contribution in [3.8, 4) is 0 Å². The van der Waals surface area contributed by atoms with Gasteiger partial charge in [-0.1, -0.05) is 13.8 Å². The monoisotopic (exact) mass is 245 g/mol. The number of rotatable bonds is 3. The Bertz CT molecular complexity index is 381. The van der Waals surface area contributed by atoms with Crippen molar-refractivity contribution in [2.24, 2.45) is 0 Å². The number of alkyl halides is 3. The predicted octanol–water partition coefficient (Wildman–Crippen LogP) is 4.65. The molecule has 1 N–H and O–H groups in total. The number of benzene rings is 1. The van der Waals surface area contributed by atoms with Gasteiger partial charge < -0.3 is 5.32 Å². The number of nitrogens with one attached hydrogen (secondary N) is 1. The molecule has 0 amide bonds. The van der Waals surface area contributed by atoms with Crippen LogP contribution in [0, 0.1) is 0 Å². The topological polar surface area (TPSA) is 12.0 Å². The third-order valence-corrected chi connectivity index (χ3v) is 2.40. The van der Waals surface area contributed by atoms with Crippen LogP contribution in [0.2, 0.25) is 0 Å². The van der Waals surface area contributed by atoms with E-state index in [1.165, 1.54) is 6.07 Å². The summed E-state index contributed by atoms with van der Waals surface area (Å²) >= 11 is 0. The van der Waals surface area contributed by atoms with E-state index in [0.717, 1.165) is 6.07 Å². The van der Waals surface area contributed by atoms with Gasteiger partial charge in [0.05, 0.1) is 5.56 Å². The molecule has 0 unspecified atom stereocenters. The van der Waals surface area contributed by atoms with E-state index in [2.05, 4.69) is 5.32 Å². The molecule has 0 aromatic heterocycles. The number of hydrogen-bond acceptors (Lipinski definition) is 1. The van der Waals surface area contributed by atoms with E-state index in [4.69, 9.17) is 0 Å². The number of hydrogen-bond donors (Lipinski definition) is 1. The maximum Gasteiger partial charge on any atom is 0.416 e. The van der Waals surface area contributed by atoms with Gasteiger partial charge in [-0.25, -0.2) is 0 Å². The predicted molar refractivity (Wildman–Crippen MR) is 64.3 cm³/mol.